The Morgan fingerprint density at radius 1 is 1.50 bits per heavy atom. The molecule has 84 valence electrons. The van der Waals surface area contributed by atoms with Gasteiger partial charge in [-0.2, -0.15) is 0 Å². The van der Waals surface area contributed by atoms with E-state index < -0.39 is 6.09 Å². The lowest BCUT2D eigenvalue weighted by Gasteiger charge is -2.11. The number of ether oxygens (including phenoxy) is 1. The molecule has 0 saturated heterocycles. The van der Waals surface area contributed by atoms with E-state index in [0.717, 1.165) is 5.56 Å². The summed E-state index contributed by atoms with van der Waals surface area (Å²) in [6.07, 6.45) is 4.88. The van der Waals surface area contributed by atoms with Crippen LogP contribution >= 0.6 is 0 Å². The zero-order valence-electron chi connectivity index (χ0n) is 8.85. The fourth-order valence-corrected chi connectivity index (χ4v) is 1.25. The van der Waals surface area contributed by atoms with Crippen molar-refractivity contribution in [2.45, 2.75) is 12.5 Å². The molecule has 0 spiro atoms. The van der Waals surface area contributed by atoms with E-state index in [2.05, 4.69) is 5.32 Å². The van der Waals surface area contributed by atoms with E-state index in [9.17, 15) is 4.79 Å². The van der Waals surface area contributed by atoms with Crippen LogP contribution in [-0.2, 0) is 11.2 Å². The van der Waals surface area contributed by atoms with E-state index in [4.69, 9.17) is 16.9 Å². The van der Waals surface area contributed by atoms with E-state index in [1.165, 1.54) is 0 Å². The van der Waals surface area contributed by atoms with Gasteiger partial charge in [0, 0.05) is 12.1 Å². The summed E-state index contributed by atoms with van der Waals surface area (Å²) in [5, 5.41) is 2.08. The van der Waals surface area contributed by atoms with Crippen LogP contribution in [0.3, 0.4) is 0 Å². The Kier molecular flexibility index (Phi) is 4.90. The Labute approximate surface area is 94.8 Å². The van der Waals surface area contributed by atoms with E-state index in [0.29, 0.717) is 6.42 Å². The van der Waals surface area contributed by atoms with Gasteiger partial charge in [0.1, 0.15) is 6.61 Å². The Morgan fingerprint density at radius 3 is 2.81 bits per heavy atom. The van der Waals surface area contributed by atoms with Crippen molar-refractivity contribution in [2.24, 2.45) is 5.73 Å². The van der Waals surface area contributed by atoms with Crippen molar-refractivity contribution in [3.05, 3.63) is 35.9 Å². The maximum absolute atomic E-state index is 10.9. The Balaban J connectivity index is 2.29. The summed E-state index contributed by atoms with van der Waals surface area (Å²) >= 11 is 0. The van der Waals surface area contributed by atoms with Crippen LogP contribution in [0.15, 0.2) is 30.3 Å². The number of hydrogen-bond acceptors (Lipinski definition) is 3. The van der Waals surface area contributed by atoms with Crippen LogP contribution in [0.4, 0.5) is 4.79 Å². The minimum Gasteiger partial charge on any atom is -0.447 e. The third kappa shape index (κ3) is 4.49. The highest BCUT2D eigenvalue weighted by atomic mass is 16.5. The molecule has 0 fully saturated rings. The summed E-state index contributed by atoms with van der Waals surface area (Å²) in [7, 11) is 0. The van der Waals surface area contributed by atoms with Gasteiger partial charge in [-0.3, -0.25) is 0 Å². The molecule has 4 heteroatoms. The molecule has 0 radical (unpaired) electrons. The summed E-state index contributed by atoms with van der Waals surface area (Å²) in [5.74, 6) is 0. The molecule has 3 N–H and O–H groups in total. The number of carbonyl (C=O) groups is 1. The lowest BCUT2D eigenvalue weighted by atomic mass is 10.1. The zero-order valence-corrected chi connectivity index (χ0v) is 8.85. The molecule has 1 amide bonds. The van der Waals surface area contributed by atoms with Crippen LogP contribution in [0.1, 0.15) is 5.56 Å². The van der Waals surface area contributed by atoms with Crippen molar-refractivity contribution in [1.29, 1.82) is 0 Å². The normalized spacial score (nSPS) is 11.2. The monoisotopic (exact) mass is 218 g/mol. The quantitative estimate of drug-likeness (QED) is 0.582. The largest absolute Gasteiger partial charge is 0.447 e. The van der Waals surface area contributed by atoms with Crippen LogP contribution in [-0.4, -0.2) is 18.7 Å². The number of nitrogens with one attached hydrogen (secondary N) is 1. The van der Waals surface area contributed by atoms with Crippen molar-refractivity contribution in [1.82, 2.24) is 5.32 Å². The highest BCUT2D eigenvalue weighted by molar-refractivity contribution is 5.69. The third-order valence-electron chi connectivity index (χ3n) is 1.94. The first kappa shape index (κ1) is 12.1. The Bertz CT molecular complexity index is 370. The van der Waals surface area contributed by atoms with Gasteiger partial charge in [-0.05, 0) is 12.0 Å². The molecule has 0 unspecified atom stereocenters. The first-order chi connectivity index (χ1) is 7.72. The maximum atomic E-state index is 10.9. The number of terminal acetylenes is 1. The van der Waals surface area contributed by atoms with E-state index in [1.807, 2.05) is 36.4 Å². The van der Waals surface area contributed by atoms with Gasteiger partial charge in [0.15, 0.2) is 0 Å². The second kappa shape index (κ2) is 6.49. The minimum absolute atomic E-state index is 0.141. The molecule has 4 nitrogen and oxygen atoms in total. The molecule has 16 heavy (non-hydrogen) atoms. The Hall–Kier alpha value is -1.99. The molecule has 1 aromatic rings. The highest BCUT2D eigenvalue weighted by Gasteiger charge is 2.07. The summed E-state index contributed by atoms with van der Waals surface area (Å²) in [6, 6.07) is 11.5. The first-order valence-corrected chi connectivity index (χ1v) is 4.90. The number of benzene rings is 1. The SMILES string of the molecule is C#CNC(=O)OC[C@H](N)Cc1ccccc1. The van der Waals surface area contributed by atoms with Gasteiger partial charge in [-0.15, -0.1) is 0 Å². The summed E-state index contributed by atoms with van der Waals surface area (Å²) < 4.78 is 4.80. The fourth-order valence-electron chi connectivity index (χ4n) is 1.25. The molecule has 0 bridgehead atoms. The number of nitrogens with two attached hydrogens (primary N) is 1. The molecule has 1 aromatic carbocycles. The van der Waals surface area contributed by atoms with Crippen LogP contribution in [0.2, 0.25) is 0 Å². The fraction of sp³-hybridized carbons (Fsp3) is 0.250. The molecular weight excluding hydrogens is 204 g/mol. The van der Waals surface area contributed by atoms with Crippen molar-refractivity contribution in [2.75, 3.05) is 6.61 Å². The number of alkyl carbamates (subject to hydrolysis) is 1. The van der Waals surface area contributed by atoms with Gasteiger partial charge >= 0.3 is 6.09 Å². The average molecular weight is 218 g/mol. The average Bonchev–Trinajstić information content (AvgIpc) is 2.28. The molecular formula is C12H14N2O2. The number of hydrogen-bond donors (Lipinski definition) is 2. The van der Waals surface area contributed by atoms with Crippen LogP contribution in [0.5, 0.6) is 0 Å². The van der Waals surface area contributed by atoms with Crippen LogP contribution in [0, 0.1) is 12.5 Å². The highest BCUT2D eigenvalue weighted by Crippen LogP contribution is 2.01. The number of rotatable bonds is 4. The smallest absolute Gasteiger partial charge is 0.418 e. The van der Waals surface area contributed by atoms with Gasteiger partial charge in [0.2, 0.25) is 0 Å². The third-order valence-corrected chi connectivity index (χ3v) is 1.94. The predicted molar refractivity (Wildman–Crippen MR) is 61.4 cm³/mol. The topological polar surface area (TPSA) is 64.3 Å². The molecule has 0 aliphatic rings. The van der Waals surface area contributed by atoms with Crippen molar-refractivity contribution >= 4 is 6.09 Å². The van der Waals surface area contributed by atoms with E-state index in [-0.39, 0.29) is 12.6 Å². The van der Waals surface area contributed by atoms with E-state index >= 15 is 0 Å². The Morgan fingerprint density at radius 2 is 2.19 bits per heavy atom. The molecule has 1 rings (SSSR count). The number of carbonyl (C=O) groups excluding carboxylic acids is 1. The van der Waals surface area contributed by atoms with Crippen molar-refractivity contribution in [3.8, 4) is 12.5 Å². The summed E-state index contributed by atoms with van der Waals surface area (Å²) in [6.45, 7) is 0.141. The molecule has 0 aliphatic heterocycles. The molecule has 0 aromatic heterocycles. The first-order valence-electron chi connectivity index (χ1n) is 4.90. The molecule has 0 aliphatic carbocycles. The van der Waals surface area contributed by atoms with E-state index in [1.54, 1.807) is 0 Å². The zero-order chi connectivity index (χ0) is 11.8. The molecule has 0 saturated carbocycles. The standard InChI is InChI=1S/C12H14N2O2/c1-2-14-12(15)16-9-11(13)8-10-6-4-3-5-7-10/h1,3-7,11H,8-9,13H2,(H,14,15)/t11-/m1/s1. The van der Waals surface area contributed by atoms with Crippen molar-refractivity contribution < 1.29 is 9.53 Å². The van der Waals surface area contributed by atoms with Crippen LogP contribution in [0.25, 0.3) is 0 Å². The van der Waals surface area contributed by atoms with Gasteiger partial charge in [-0.1, -0.05) is 36.8 Å². The lowest BCUT2D eigenvalue weighted by molar-refractivity contribution is 0.143. The number of amides is 1. The molecule has 0 heterocycles. The van der Waals surface area contributed by atoms with Gasteiger partial charge in [0.25, 0.3) is 0 Å². The summed E-state index contributed by atoms with van der Waals surface area (Å²) in [4.78, 5) is 10.9. The van der Waals surface area contributed by atoms with Gasteiger partial charge in [0.05, 0.1) is 0 Å². The second-order valence-electron chi connectivity index (χ2n) is 3.32. The van der Waals surface area contributed by atoms with Gasteiger partial charge in [-0.25, -0.2) is 10.1 Å². The predicted octanol–water partition coefficient (Wildman–Crippen LogP) is 0.873. The van der Waals surface area contributed by atoms with Gasteiger partial charge < -0.3 is 10.5 Å². The summed E-state index contributed by atoms with van der Waals surface area (Å²) in [5.41, 5.74) is 6.90. The van der Waals surface area contributed by atoms with Crippen LogP contribution < -0.4 is 11.1 Å². The lowest BCUT2D eigenvalue weighted by Crippen LogP contribution is -2.32. The second-order valence-corrected chi connectivity index (χ2v) is 3.32. The maximum Gasteiger partial charge on any atom is 0.418 e. The molecule has 1 atom stereocenters. The minimum atomic E-state index is -0.647. The van der Waals surface area contributed by atoms with Crippen molar-refractivity contribution in [3.63, 3.8) is 0 Å².